The second kappa shape index (κ2) is 10.8. The lowest BCUT2D eigenvalue weighted by molar-refractivity contribution is -0.126. The molecule has 1 aromatic rings. The Hall–Kier alpha value is -2.15. The van der Waals surface area contributed by atoms with Gasteiger partial charge in [0.25, 0.3) is 5.91 Å². The number of carbonyl (C=O) groups excluding carboxylic acids is 2. The van der Waals surface area contributed by atoms with Crippen LogP contribution in [0.2, 0.25) is 0 Å². The Morgan fingerprint density at radius 2 is 1.88 bits per heavy atom. The van der Waals surface area contributed by atoms with Crippen LogP contribution >= 0.6 is 12.2 Å². The summed E-state index contributed by atoms with van der Waals surface area (Å²) in [6.07, 6.45) is 7.07. The topological polar surface area (TPSA) is 79.5 Å². The largest absolute Gasteiger partial charge is 0.493 e. The molecule has 2 rings (SSSR count). The minimum atomic E-state index is -0.374. The van der Waals surface area contributed by atoms with Crippen molar-refractivity contribution in [2.45, 2.75) is 51.9 Å². The molecular formula is C19H27N3O3S. The summed E-state index contributed by atoms with van der Waals surface area (Å²) in [6.45, 7) is 2.63. The van der Waals surface area contributed by atoms with E-state index >= 15 is 0 Å². The molecule has 0 unspecified atom stereocenters. The average Bonchev–Trinajstić information content (AvgIpc) is 2.67. The lowest BCUT2D eigenvalue weighted by Gasteiger charge is -2.21. The van der Waals surface area contributed by atoms with E-state index in [9.17, 15) is 9.59 Å². The summed E-state index contributed by atoms with van der Waals surface area (Å²) >= 11 is 5.10. The summed E-state index contributed by atoms with van der Waals surface area (Å²) in [5.74, 6) is 0.0843. The molecular weight excluding hydrogens is 350 g/mol. The van der Waals surface area contributed by atoms with Gasteiger partial charge in [-0.3, -0.25) is 25.8 Å². The molecule has 6 nitrogen and oxygen atoms in total. The predicted molar refractivity (Wildman–Crippen MR) is 105 cm³/mol. The predicted octanol–water partition coefficient (Wildman–Crippen LogP) is 3.08. The molecule has 0 bridgehead atoms. The lowest BCUT2D eigenvalue weighted by atomic mass is 9.89. The Balaban J connectivity index is 1.83. The standard InChI is InChI=1S/C19H27N3O3S/c1-2-3-13-25-16-12-8-7-11-15(16)18(24)20-19(26)22-21-17(23)14-9-5-4-6-10-14/h7-8,11-12,14H,2-6,9-10,13H2,1H3,(H,21,23)(H2,20,22,24,26). The van der Waals surface area contributed by atoms with Gasteiger partial charge in [0.15, 0.2) is 5.11 Å². The maximum atomic E-state index is 12.4. The Kier molecular flexibility index (Phi) is 8.34. The van der Waals surface area contributed by atoms with E-state index in [1.807, 2.05) is 6.07 Å². The van der Waals surface area contributed by atoms with Crippen molar-refractivity contribution in [1.29, 1.82) is 0 Å². The molecule has 1 aromatic carbocycles. The first kappa shape index (κ1) is 20.2. The molecule has 0 spiro atoms. The Bertz CT molecular complexity index is 630. The van der Waals surface area contributed by atoms with Crippen molar-refractivity contribution in [3.63, 3.8) is 0 Å². The first-order valence-electron chi connectivity index (χ1n) is 9.24. The van der Waals surface area contributed by atoms with E-state index in [0.29, 0.717) is 17.9 Å². The number of ether oxygens (including phenoxy) is 1. The summed E-state index contributed by atoms with van der Waals surface area (Å²) in [5, 5.41) is 2.63. The number of nitrogens with one attached hydrogen (secondary N) is 3. The van der Waals surface area contributed by atoms with Gasteiger partial charge in [0.1, 0.15) is 5.75 Å². The van der Waals surface area contributed by atoms with Crippen LogP contribution in [0.4, 0.5) is 0 Å². The van der Waals surface area contributed by atoms with E-state index in [-0.39, 0.29) is 22.8 Å². The van der Waals surface area contributed by atoms with E-state index in [0.717, 1.165) is 38.5 Å². The molecule has 142 valence electrons. The first-order valence-corrected chi connectivity index (χ1v) is 9.65. The molecule has 1 aliphatic carbocycles. The van der Waals surface area contributed by atoms with Crippen LogP contribution in [0.1, 0.15) is 62.2 Å². The van der Waals surface area contributed by atoms with Gasteiger partial charge in [0.2, 0.25) is 5.91 Å². The van der Waals surface area contributed by atoms with Crippen molar-refractivity contribution < 1.29 is 14.3 Å². The van der Waals surface area contributed by atoms with E-state index < -0.39 is 0 Å². The van der Waals surface area contributed by atoms with Gasteiger partial charge in [-0.05, 0) is 43.6 Å². The number of carbonyl (C=O) groups is 2. The lowest BCUT2D eigenvalue weighted by Crippen LogP contribution is -2.50. The van der Waals surface area contributed by atoms with Gasteiger partial charge < -0.3 is 4.74 Å². The van der Waals surface area contributed by atoms with Crippen LogP contribution in [-0.2, 0) is 4.79 Å². The molecule has 0 saturated heterocycles. The van der Waals surface area contributed by atoms with Crippen molar-refractivity contribution in [2.75, 3.05) is 6.61 Å². The molecule has 2 amide bonds. The van der Waals surface area contributed by atoms with E-state index in [2.05, 4.69) is 23.1 Å². The molecule has 0 heterocycles. The molecule has 26 heavy (non-hydrogen) atoms. The smallest absolute Gasteiger partial charge is 0.261 e. The number of hydrogen-bond acceptors (Lipinski definition) is 4. The Morgan fingerprint density at radius 3 is 2.62 bits per heavy atom. The van der Waals surface area contributed by atoms with Crippen LogP contribution in [0, 0.1) is 5.92 Å². The highest BCUT2D eigenvalue weighted by atomic mass is 32.1. The minimum absolute atomic E-state index is 0.0162. The molecule has 0 atom stereocenters. The second-order valence-electron chi connectivity index (χ2n) is 6.43. The first-order chi connectivity index (χ1) is 12.6. The minimum Gasteiger partial charge on any atom is -0.493 e. The number of hydrazine groups is 1. The molecule has 1 aliphatic rings. The van der Waals surface area contributed by atoms with Gasteiger partial charge in [-0.2, -0.15) is 0 Å². The fourth-order valence-corrected chi connectivity index (χ4v) is 3.04. The number of thiocarbonyl (C=S) groups is 1. The molecule has 0 aliphatic heterocycles. The van der Waals surface area contributed by atoms with Crippen LogP contribution < -0.4 is 20.9 Å². The normalized spacial score (nSPS) is 14.3. The molecule has 0 radical (unpaired) electrons. The van der Waals surface area contributed by atoms with Crippen LogP contribution in [-0.4, -0.2) is 23.5 Å². The van der Waals surface area contributed by atoms with Crippen LogP contribution in [0.5, 0.6) is 5.75 Å². The van der Waals surface area contributed by atoms with Gasteiger partial charge in [-0.15, -0.1) is 0 Å². The zero-order chi connectivity index (χ0) is 18.8. The molecule has 1 saturated carbocycles. The van der Waals surface area contributed by atoms with Crippen molar-refractivity contribution in [2.24, 2.45) is 5.92 Å². The van der Waals surface area contributed by atoms with Crippen molar-refractivity contribution in [1.82, 2.24) is 16.2 Å². The second-order valence-corrected chi connectivity index (χ2v) is 6.84. The molecule has 1 fully saturated rings. The quantitative estimate of drug-likeness (QED) is 0.403. The Labute approximate surface area is 160 Å². The van der Waals surface area contributed by atoms with Crippen LogP contribution in [0.15, 0.2) is 24.3 Å². The number of hydrogen-bond donors (Lipinski definition) is 3. The molecule has 7 heteroatoms. The van der Waals surface area contributed by atoms with Gasteiger partial charge in [-0.25, -0.2) is 0 Å². The van der Waals surface area contributed by atoms with E-state index in [1.165, 1.54) is 6.42 Å². The average molecular weight is 378 g/mol. The van der Waals surface area contributed by atoms with Gasteiger partial charge in [-0.1, -0.05) is 44.7 Å². The number of unbranched alkanes of at least 4 members (excludes halogenated alkanes) is 1. The Morgan fingerprint density at radius 1 is 1.15 bits per heavy atom. The van der Waals surface area contributed by atoms with Crippen LogP contribution in [0.3, 0.4) is 0 Å². The van der Waals surface area contributed by atoms with Crippen LogP contribution in [0.25, 0.3) is 0 Å². The fraction of sp³-hybridized carbons (Fsp3) is 0.526. The highest BCUT2D eigenvalue weighted by molar-refractivity contribution is 7.80. The van der Waals surface area contributed by atoms with E-state index in [1.54, 1.807) is 18.2 Å². The summed E-state index contributed by atoms with van der Waals surface area (Å²) in [4.78, 5) is 24.5. The van der Waals surface area contributed by atoms with Crippen molar-refractivity contribution in [3.05, 3.63) is 29.8 Å². The summed E-state index contributed by atoms with van der Waals surface area (Å²) in [7, 11) is 0. The maximum Gasteiger partial charge on any atom is 0.261 e. The zero-order valence-corrected chi connectivity index (χ0v) is 16.0. The molecule has 0 aromatic heterocycles. The third kappa shape index (κ3) is 6.29. The van der Waals surface area contributed by atoms with Crippen molar-refractivity contribution >= 4 is 29.1 Å². The highest BCUT2D eigenvalue weighted by Gasteiger charge is 2.21. The fourth-order valence-electron chi connectivity index (χ4n) is 2.89. The third-order valence-electron chi connectivity index (χ3n) is 4.39. The number of para-hydroxylation sites is 1. The van der Waals surface area contributed by atoms with Gasteiger partial charge in [0, 0.05) is 5.92 Å². The number of benzene rings is 1. The van der Waals surface area contributed by atoms with E-state index in [4.69, 9.17) is 17.0 Å². The van der Waals surface area contributed by atoms with Gasteiger partial charge in [0.05, 0.1) is 12.2 Å². The molecule has 3 N–H and O–H groups in total. The summed E-state index contributed by atoms with van der Waals surface area (Å²) in [5.41, 5.74) is 5.61. The van der Waals surface area contributed by atoms with Crippen molar-refractivity contribution in [3.8, 4) is 5.75 Å². The summed E-state index contributed by atoms with van der Waals surface area (Å²) < 4.78 is 5.66. The maximum absolute atomic E-state index is 12.4. The zero-order valence-electron chi connectivity index (χ0n) is 15.2. The monoisotopic (exact) mass is 377 g/mol. The summed E-state index contributed by atoms with van der Waals surface area (Å²) in [6, 6.07) is 7.02. The highest BCUT2D eigenvalue weighted by Crippen LogP contribution is 2.23. The SMILES string of the molecule is CCCCOc1ccccc1C(=O)NC(=S)NNC(=O)C1CCCCC1. The third-order valence-corrected chi connectivity index (χ3v) is 4.59. The number of rotatable bonds is 6. The number of amides is 2. The van der Waals surface area contributed by atoms with Gasteiger partial charge >= 0.3 is 0 Å².